The molecule has 0 aliphatic rings. The van der Waals surface area contributed by atoms with Crippen molar-refractivity contribution >= 4 is 5.97 Å². The average Bonchev–Trinajstić information content (AvgIpc) is 3.26. The highest BCUT2D eigenvalue weighted by Crippen LogP contribution is 2.13. The largest absolute Gasteiger partial charge is 0.464 e. The van der Waals surface area contributed by atoms with E-state index in [9.17, 15) is 4.79 Å². The molecule has 0 aliphatic heterocycles. The summed E-state index contributed by atoms with van der Waals surface area (Å²) in [6, 6.07) is 10.1. The first-order chi connectivity index (χ1) is 11.7. The van der Waals surface area contributed by atoms with Gasteiger partial charge in [0.25, 0.3) is 0 Å². The van der Waals surface area contributed by atoms with Gasteiger partial charge in [0.2, 0.25) is 0 Å². The van der Waals surface area contributed by atoms with E-state index in [-0.39, 0.29) is 0 Å². The summed E-state index contributed by atoms with van der Waals surface area (Å²) in [6.45, 7) is 1.35. The van der Waals surface area contributed by atoms with E-state index < -0.39 is 5.97 Å². The number of rotatable bonds is 6. The van der Waals surface area contributed by atoms with E-state index in [0.29, 0.717) is 12.2 Å². The Morgan fingerprint density at radius 2 is 2.08 bits per heavy atom. The predicted octanol–water partition coefficient (Wildman–Crippen LogP) is 2.01. The average molecular weight is 325 g/mol. The minimum Gasteiger partial charge on any atom is -0.464 e. The van der Waals surface area contributed by atoms with Crippen LogP contribution in [0.2, 0.25) is 0 Å². The predicted molar refractivity (Wildman–Crippen MR) is 88.7 cm³/mol. The number of carbonyl (C=O) groups is 1. The second kappa shape index (κ2) is 7.10. The number of aromatic amines is 1. The number of benzene rings is 1. The highest BCUT2D eigenvalue weighted by molar-refractivity contribution is 5.88. The molecule has 0 saturated heterocycles. The Balaban J connectivity index is 1.64. The van der Waals surface area contributed by atoms with E-state index in [1.54, 1.807) is 12.4 Å². The fourth-order valence-electron chi connectivity index (χ4n) is 2.54. The summed E-state index contributed by atoms with van der Waals surface area (Å²) < 4.78 is 6.57. The van der Waals surface area contributed by atoms with Crippen LogP contribution >= 0.6 is 0 Å². The molecule has 1 aromatic carbocycles. The summed E-state index contributed by atoms with van der Waals surface area (Å²) in [5.74, 6) is -0.403. The van der Waals surface area contributed by atoms with E-state index in [4.69, 9.17) is 4.74 Å². The first-order valence-electron chi connectivity index (χ1n) is 7.55. The number of carbonyl (C=O) groups excluding carboxylic acids is 1. The maximum absolute atomic E-state index is 11.7. The molecule has 0 bridgehead atoms. The number of H-pyrrole nitrogens is 1. The molecule has 0 atom stereocenters. The number of methoxy groups -OCH3 is 1. The minimum absolute atomic E-state index is 0.401. The van der Waals surface area contributed by atoms with Gasteiger partial charge in [0.05, 0.1) is 19.0 Å². The van der Waals surface area contributed by atoms with Crippen LogP contribution in [0.3, 0.4) is 0 Å². The van der Waals surface area contributed by atoms with Crippen LogP contribution in [-0.2, 0) is 17.8 Å². The molecule has 0 amide bonds. The van der Waals surface area contributed by atoms with E-state index in [0.717, 1.165) is 17.8 Å². The summed E-state index contributed by atoms with van der Waals surface area (Å²) in [6.07, 6.45) is 5.32. The molecule has 7 nitrogen and oxygen atoms in total. The third-order valence-electron chi connectivity index (χ3n) is 3.71. The van der Waals surface area contributed by atoms with Crippen LogP contribution < -0.4 is 0 Å². The molecule has 0 unspecified atom stereocenters. The zero-order valence-electron chi connectivity index (χ0n) is 13.6. The Hall–Kier alpha value is -2.93. The Bertz CT molecular complexity index is 793. The van der Waals surface area contributed by atoms with Crippen molar-refractivity contribution in [3.8, 4) is 5.69 Å². The van der Waals surface area contributed by atoms with Gasteiger partial charge < -0.3 is 4.74 Å². The minimum atomic E-state index is -0.403. The normalized spacial score (nSPS) is 11.0. The van der Waals surface area contributed by atoms with Crippen LogP contribution in [0.25, 0.3) is 5.69 Å². The molecule has 0 fully saturated rings. The van der Waals surface area contributed by atoms with Crippen molar-refractivity contribution in [1.82, 2.24) is 24.9 Å². The van der Waals surface area contributed by atoms with Gasteiger partial charge in [0, 0.05) is 31.0 Å². The van der Waals surface area contributed by atoms with Crippen molar-refractivity contribution in [2.24, 2.45) is 0 Å². The second-order valence-corrected chi connectivity index (χ2v) is 5.55. The molecule has 0 radical (unpaired) electrons. The summed E-state index contributed by atoms with van der Waals surface area (Å²) in [5.41, 5.74) is 3.42. The molecule has 2 aromatic heterocycles. The molecule has 0 saturated carbocycles. The van der Waals surface area contributed by atoms with Gasteiger partial charge in [-0.15, -0.1) is 0 Å². The lowest BCUT2D eigenvalue weighted by Crippen LogP contribution is -2.19. The molecule has 1 N–H and O–H groups in total. The molecule has 0 aliphatic carbocycles. The van der Waals surface area contributed by atoms with Gasteiger partial charge in [0.1, 0.15) is 5.69 Å². The number of nitrogens with one attached hydrogen (secondary N) is 1. The van der Waals surface area contributed by atoms with Crippen LogP contribution in [0.4, 0.5) is 0 Å². The highest BCUT2D eigenvalue weighted by Gasteiger charge is 2.15. The quantitative estimate of drug-likeness (QED) is 0.702. The van der Waals surface area contributed by atoms with Gasteiger partial charge in [-0.1, -0.05) is 12.1 Å². The van der Waals surface area contributed by atoms with Crippen molar-refractivity contribution in [2.45, 2.75) is 13.1 Å². The van der Waals surface area contributed by atoms with E-state index in [1.165, 1.54) is 12.7 Å². The van der Waals surface area contributed by atoms with Crippen molar-refractivity contribution in [3.63, 3.8) is 0 Å². The monoisotopic (exact) mass is 325 g/mol. The Morgan fingerprint density at radius 3 is 2.75 bits per heavy atom. The third kappa shape index (κ3) is 3.52. The van der Waals surface area contributed by atoms with Crippen LogP contribution in [0.5, 0.6) is 0 Å². The standard InChI is InChI=1S/C17H19N5O2/c1-21(12-14-10-18-20-16(14)17(23)24-2)11-13-4-6-15(7-5-13)22-9-3-8-19-22/h3-10H,11-12H2,1-2H3,(H,18,20). The fourth-order valence-corrected chi connectivity index (χ4v) is 2.54. The van der Waals surface area contributed by atoms with Crippen LogP contribution in [-0.4, -0.2) is 45.0 Å². The van der Waals surface area contributed by atoms with Crippen molar-refractivity contribution < 1.29 is 9.53 Å². The zero-order valence-corrected chi connectivity index (χ0v) is 13.6. The molecule has 124 valence electrons. The van der Waals surface area contributed by atoms with Gasteiger partial charge in [-0.25, -0.2) is 9.48 Å². The molecule has 3 aromatic rings. The van der Waals surface area contributed by atoms with E-state index in [2.05, 4.69) is 32.3 Å². The van der Waals surface area contributed by atoms with Gasteiger partial charge in [0.15, 0.2) is 0 Å². The number of hydrogen-bond donors (Lipinski definition) is 1. The van der Waals surface area contributed by atoms with Gasteiger partial charge in [-0.3, -0.25) is 10.00 Å². The smallest absolute Gasteiger partial charge is 0.356 e. The topological polar surface area (TPSA) is 76.0 Å². The maximum atomic E-state index is 11.7. The van der Waals surface area contributed by atoms with Crippen LogP contribution in [0, 0.1) is 0 Å². The van der Waals surface area contributed by atoms with E-state index >= 15 is 0 Å². The summed E-state index contributed by atoms with van der Waals surface area (Å²) in [5, 5.41) is 10.8. The molecule has 2 heterocycles. The molecular weight excluding hydrogens is 306 g/mol. The maximum Gasteiger partial charge on any atom is 0.356 e. The lowest BCUT2D eigenvalue weighted by molar-refractivity contribution is 0.0591. The number of aromatic nitrogens is 4. The fraction of sp³-hybridized carbons (Fsp3) is 0.235. The van der Waals surface area contributed by atoms with Crippen LogP contribution in [0.15, 0.2) is 48.9 Å². The Kier molecular flexibility index (Phi) is 4.72. The van der Waals surface area contributed by atoms with Gasteiger partial charge in [-0.2, -0.15) is 10.2 Å². The number of esters is 1. The first-order valence-corrected chi connectivity index (χ1v) is 7.55. The van der Waals surface area contributed by atoms with Crippen LogP contribution in [0.1, 0.15) is 21.6 Å². The molecule has 0 spiro atoms. The van der Waals surface area contributed by atoms with Crippen molar-refractivity contribution in [1.29, 1.82) is 0 Å². The summed E-state index contributed by atoms with van der Waals surface area (Å²) in [7, 11) is 3.35. The second-order valence-electron chi connectivity index (χ2n) is 5.55. The Labute approximate surface area is 139 Å². The zero-order chi connectivity index (χ0) is 16.9. The number of ether oxygens (including phenoxy) is 1. The summed E-state index contributed by atoms with van der Waals surface area (Å²) >= 11 is 0. The van der Waals surface area contributed by atoms with Gasteiger partial charge >= 0.3 is 5.97 Å². The molecular formula is C17H19N5O2. The highest BCUT2D eigenvalue weighted by atomic mass is 16.5. The molecule has 7 heteroatoms. The lowest BCUT2D eigenvalue weighted by Gasteiger charge is -2.16. The Morgan fingerprint density at radius 1 is 1.29 bits per heavy atom. The molecule has 24 heavy (non-hydrogen) atoms. The SMILES string of the molecule is COC(=O)c1[nH]ncc1CN(C)Cc1ccc(-n2cccn2)cc1. The summed E-state index contributed by atoms with van der Waals surface area (Å²) in [4.78, 5) is 13.8. The number of nitrogens with zero attached hydrogens (tertiary/aromatic N) is 4. The third-order valence-corrected chi connectivity index (χ3v) is 3.71. The van der Waals surface area contributed by atoms with Crippen molar-refractivity contribution in [3.05, 3.63) is 65.7 Å². The van der Waals surface area contributed by atoms with Crippen molar-refractivity contribution in [2.75, 3.05) is 14.2 Å². The van der Waals surface area contributed by atoms with E-state index in [1.807, 2.05) is 36.1 Å². The molecule has 3 rings (SSSR count). The first kappa shape index (κ1) is 15.9. The van der Waals surface area contributed by atoms with Gasteiger partial charge in [-0.05, 0) is 30.8 Å². The number of hydrogen-bond acceptors (Lipinski definition) is 5. The lowest BCUT2D eigenvalue weighted by atomic mass is 10.1.